The molecule has 2 N–H and O–H groups in total. The lowest BCUT2D eigenvalue weighted by atomic mass is 10.2. The zero-order valence-electron chi connectivity index (χ0n) is 15.2. The SMILES string of the molecule is C[C@@H](NC(=O)[C@H]1C[C@@H]1c1nc2c(Cl)cccc2[nH]1)c1ccc(OCC(F)(F)F)s1. The molecule has 29 heavy (non-hydrogen) atoms. The topological polar surface area (TPSA) is 67.0 Å². The minimum atomic E-state index is -4.38. The summed E-state index contributed by atoms with van der Waals surface area (Å²) >= 11 is 7.23. The van der Waals surface area contributed by atoms with E-state index in [0.717, 1.165) is 27.6 Å². The standard InChI is InChI=1S/C19H17ClF3N3O2S/c1-9(14-5-6-15(29-14)28-8-19(21,22)23)24-18(27)11-7-10(11)17-25-13-4-2-3-12(20)16(13)26-17/h2-6,9-11H,7-8H2,1H3,(H,24,27)(H,25,26)/t9-,10+,11+/m1/s1. The normalized spacial score (nSPS) is 19.9. The van der Waals surface area contributed by atoms with Crippen LogP contribution in [0.1, 0.15) is 36.0 Å². The Morgan fingerprint density at radius 3 is 2.93 bits per heavy atom. The summed E-state index contributed by atoms with van der Waals surface area (Å²) in [6, 6.07) is 8.29. The number of aromatic nitrogens is 2. The molecule has 3 aromatic rings. The van der Waals surface area contributed by atoms with Crippen LogP contribution in [0.5, 0.6) is 5.06 Å². The molecule has 0 spiro atoms. The molecule has 1 amide bonds. The number of rotatable bonds is 6. The Morgan fingerprint density at radius 2 is 2.21 bits per heavy atom. The number of aromatic amines is 1. The number of imidazole rings is 1. The molecule has 1 saturated carbocycles. The molecule has 2 aromatic heterocycles. The van der Waals surface area contributed by atoms with E-state index in [9.17, 15) is 18.0 Å². The molecule has 1 fully saturated rings. The van der Waals surface area contributed by atoms with Crippen LogP contribution in [-0.4, -0.2) is 28.7 Å². The largest absolute Gasteiger partial charge is 0.475 e. The number of fused-ring (bicyclic) bond motifs is 1. The number of amides is 1. The maximum Gasteiger partial charge on any atom is 0.422 e. The molecule has 5 nitrogen and oxygen atoms in total. The van der Waals surface area contributed by atoms with Crippen LogP contribution in [0.3, 0.4) is 0 Å². The van der Waals surface area contributed by atoms with Crippen LogP contribution in [0.2, 0.25) is 5.02 Å². The van der Waals surface area contributed by atoms with Gasteiger partial charge >= 0.3 is 6.18 Å². The van der Waals surface area contributed by atoms with Crippen molar-refractivity contribution in [3.63, 3.8) is 0 Å². The summed E-state index contributed by atoms with van der Waals surface area (Å²) in [5.41, 5.74) is 1.52. The third-order valence-electron chi connectivity index (χ3n) is 4.73. The van der Waals surface area contributed by atoms with Gasteiger partial charge in [0, 0.05) is 16.7 Å². The Labute approximate surface area is 173 Å². The van der Waals surface area contributed by atoms with Crippen molar-refractivity contribution in [1.29, 1.82) is 0 Å². The van der Waals surface area contributed by atoms with Crippen molar-refractivity contribution >= 4 is 39.9 Å². The van der Waals surface area contributed by atoms with Crippen LogP contribution < -0.4 is 10.1 Å². The first-order valence-corrected chi connectivity index (χ1v) is 10.1. The lowest BCUT2D eigenvalue weighted by Gasteiger charge is -2.12. The van der Waals surface area contributed by atoms with E-state index in [-0.39, 0.29) is 28.8 Å². The van der Waals surface area contributed by atoms with Gasteiger partial charge in [-0.25, -0.2) is 4.98 Å². The zero-order valence-corrected chi connectivity index (χ0v) is 16.8. The number of nitrogens with one attached hydrogen (secondary N) is 2. The molecule has 1 aliphatic rings. The second-order valence-electron chi connectivity index (χ2n) is 7.00. The Bertz CT molecular complexity index is 1050. The van der Waals surface area contributed by atoms with Crippen LogP contribution in [0.15, 0.2) is 30.3 Å². The van der Waals surface area contributed by atoms with E-state index in [1.54, 1.807) is 19.1 Å². The van der Waals surface area contributed by atoms with E-state index in [4.69, 9.17) is 16.3 Å². The molecule has 2 heterocycles. The fourth-order valence-corrected chi connectivity index (χ4v) is 4.24. The predicted octanol–water partition coefficient (Wildman–Crippen LogP) is 5.20. The van der Waals surface area contributed by atoms with Crippen LogP contribution in [0.25, 0.3) is 11.0 Å². The van der Waals surface area contributed by atoms with Gasteiger partial charge in [0.25, 0.3) is 0 Å². The van der Waals surface area contributed by atoms with E-state index in [1.807, 2.05) is 12.1 Å². The Morgan fingerprint density at radius 1 is 1.41 bits per heavy atom. The number of alkyl halides is 3. The molecule has 1 aliphatic carbocycles. The van der Waals surface area contributed by atoms with Crippen molar-refractivity contribution in [3.8, 4) is 5.06 Å². The summed E-state index contributed by atoms with van der Waals surface area (Å²) in [6.45, 7) is 0.453. The van der Waals surface area contributed by atoms with Crippen molar-refractivity contribution in [2.45, 2.75) is 31.5 Å². The Hall–Kier alpha value is -2.26. The van der Waals surface area contributed by atoms with Gasteiger partial charge in [0.2, 0.25) is 5.91 Å². The van der Waals surface area contributed by atoms with Crippen LogP contribution >= 0.6 is 22.9 Å². The van der Waals surface area contributed by atoms with Crippen molar-refractivity contribution in [2.75, 3.05) is 6.61 Å². The predicted molar refractivity (Wildman–Crippen MR) is 104 cm³/mol. The minimum absolute atomic E-state index is 0.000294. The monoisotopic (exact) mass is 443 g/mol. The van der Waals surface area contributed by atoms with Crippen molar-refractivity contribution in [3.05, 3.63) is 46.1 Å². The Balaban J connectivity index is 1.35. The molecule has 154 valence electrons. The first kappa shape index (κ1) is 20.0. The molecule has 4 rings (SSSR count). The summed E-state index contributed by atoms with van der Waals surface area (Å²) in [5, 5.41) is 3.64. The second kappa shape index (κ2) is 7.53. The maximum atomic E-state index is 12.6. The molecule has 1 aromatic carbocycles. The molecule has 0 bridgehead atoms. The molecule has 0 saturated heterocycles. The van der Waals surface area contributed by atoms with Crippen LogP contribution in [0, 0.1) is 5.92 Å². The van der Waals surface area contributed by atoms with Crippen LogP contribution in [0.4, 0.5) is 13.2 Å². The van der Waals surface area contributed by atoms with Gasteiger partial charge in [-0.3, -0.25) is 4.79 Å². The van der Waals surface area contributed by atoms with Crippen LogP contribution in [-0.2, 0) is 4.79 Å². The van der Waals surface area contributed by atoms with E-state index >= 15 is 0 Å². The summed E-state index contributed by atoms with van der Waals surface area (Å²) < 4.78 is 41.5. The van der Waals surface area contributed by atoms with Crippen molar-refractivity contribution in [1.82, 2.24) is 15.3 Å². The maximum absolute atomic E-state index is 12.6. The lowest BCUT2D eigenvalue weighted by molar-refractivity contribution is -0.152. The highest BCUT2D eigenvalue weighted by atomic mass is 35.5. The number of hydrogen-bond donors (Lipinski definition) is 2. The van der Waals surface area contributed by atoms with E-state index in [0.29, 0.717) is 17.0 Å². The van der Waals surface area contributed by atoms with E-state index in [2.05, 4.69) is 15.3 Å². The average Bonchev–Trinajstić information content (AvgIpc) is 3.10. The number of carbonyl (C=O) groups is 1. The number of thiophene rings is 1. The van der Waals surface area contributed by atoms with Gasteiger partial charge in [0.15, 0.2) is 11.7 Å². The number of hydrogen-bond acceptors (Lipinski definition) is 4. The third-order valence-corrected chi connectivity index (χ3v) is 6.21. The fourth-order valence-electron chi connectivity index (χ4n) is 3.17. The summed E-state index contributed by atoms with van der Waals surface area (Å²) in [4.78, 5) is 21.0. The highest BCUT2D eigenvalue weighted by molar-refractivity contribution is 7.13. The van der Waals surface area contributed by atoms with Gasteiger partial charge in [0.1, 0.15) is 11.3 Å². The number of para-hydroxylation sites is 1. The molecular formula is C19H17ClF3N3O2S. The molecule has 10 heteroatoms. The number of H-pyrrole nitrogens is 1. The van der Waals surface area contributed by atoms with E-state index in [1.165, 1.54) is 6.07 Å². The van der Waals surface area contributed by atoms with E-state index < -0.39 is 12.8 Å². The number of benzene rings is 1. The molecule has 0 aliphatic heterocycles. The summed E-state index contributed by atoms with van der Waals surface area (Å²) in [7, 11) is 0. The first-order valence-electron chi connectivity index (χ1n) is 8.95. The quantitative estimate of drug-likeness (QED) is 0.550. The summed E-state index contributed by atoms with van der Waals surface area (Å²) in [5.74, 6) is 0.428. The smallest absolute Gasteiger partial charge is 0.422 e. The highest BCUT2D eigenvalue weighted by Gasteiger charge is 2.46. The number of ether oxygens (including phenoxy) is 1. The number of carbonyl (C=O) groups excluding carboxylic acids is 1. The molecule has 0 radical (unpaired) electrons. The van der Waals surface area contributed by atoms with Gasteiger partial charge in [-0.05, 0) is 37.6 Å². The fraction of sp³-hybridized carbons (Fsp3) is 0.368. The third kappa shape index (κ3) is 4.51. The lowest BCUT2D eigenvalue weighted by Crippen LogP contribution is -2.28. The zero-order chi connectivity index (χ0) is 20.8. The van der Waals surface area contributed by atoms with Crippen molar-refractivity contribution in [2.24, 2.45) is 5.92 Å². The average molecular weight is 444 g/mol. The number of nitrogens with zero attached hydrogens (tertiary/aromatic N) is 1. The second-order valence-corrected chi connectivity index (χ2v) is 8.48. The van der Waals surface area contributed by atoms with Gasteiger partial charge in [-0.15, -0.1) is 11.3 Å². The minimum Gasteiger partial charge on any atom is -0.475 e. The van der Waals surface area contributed by atoms with Gasteiger partial charge < -0.3 is 15.0 Å². The Kier molecular flexibility index (Phi) is 5.20. The molecular weight excluding hydrogens is 427 g/mol. The van der Waals surface area contributed by atoms with Gasteiger partial charge in [-0.2, -0.15) is 13.2 Å². The summed E-state index contributed by atoms with van der Waals surface area (Å²) in [6.07, 6.45) is -3.70. The molecule has 3 atom stereocenters. The van der Waals surface area contributed by atoms with Crippen molar-refractivity contribution < 1.29 is 22.7 Å². The molecule has 0 unspecified atom stereocenters. The first-order chi connectivity index (χ1) is 13.7. The van der Waals surface area contributed by atoms with Gasteiger partial charge in [0.05, 0.1) is 16.6 Å². The number of halogens is 4. The van der Waals surface area contributed by atoms with Gasteiger partial charge in [-0.1, -0.05) is 17.7 Å². The highest BCUT2D eigenvalue weighted by Crippen LogP contribution is 2.47.